The van der Waals surface area contributed by atoms with Crippen molar-refractivity contribution in [3.05, 3.63) is 11.1 Å². The van der Waals surface area contributed by atoms with Crippen LogP contribution in [-0.2, 0) is 4.79 Å². The Morgan fingerprint density at radius 1 is 1.67 bits per heavy atom. The van der Waals surface area contributed by atoms with Crippen LogP contribution in [0.25, 0.3) is 0 Å². The average Bonchev–Trinajstić information content (AvgIpc) is 1.95. The normalized spacial score (nSPS) is 19.5. The van der Waals surface area contributed by atoms with E-state index in [1.54, 1.807) is 0 Å². The fourth-order valence-electron chi connectivity index (χ4n) is 1.08. The maximum Gasteiger partial charge on any atom is 0.252 e. The molecule has 0 aromatic heterocycles. The van der Waals surface area contributed by atoms with Crippen LogP contribution in [0.3, 0.4) is 0 Å². The number of hydrogen-bond acceptors (Lipinski definition) is 2. The molecule has 0 spiro atoms. The van der Waals surface area contributed by atoms with Gasteiger partial charge in [-0.05, 0) is 19.3 Å². The minimum atomic E-state index is -1.09. The molecule has 0 heterocycles. The van der Waals surface area contributed by atoms with Gasteiger partial charge in [-0.2, -0.15) is 0 Å². The van der Waals surface area contributed by atoms with Crippen LogP contribution in [0.2, 0.25) is 0 Å². The van der Waals surface area contributed by atoms with E-state index in [9.17, 15) is 9.90 Å². The van der Waals surface area contributed by atoms with Crippen molar-refractivity contribution in [2.75, 3.05) is 6.54 Å². The lowest BCUT2D eigenvalue weighted by Crippen LogP contribution is -2.51. The van der Waals surface area contributed by atoms with E-state index >= 15 is 0 Å². The lowest BCUT2D eigenvalue weighted by Gasteiger charge is -2.34. The molecule has 1 amide bonds. The van der Waals surface area contributed by atoms with Crippen molar-refractivity contribution in [2.24, 2.45) is 0 Å². The van der Waals surface area contributed by atoms with Crippen LogP contribution in [0.5, 0.6) is 0 Å². The number of halogens is 1. The Balaban J connectivity index is 2.33. The molecule has 68 valence electrons. The zero-order chi connectivity index (χ0) is 9.19. The Morgan fingerprint density at radius 3 is 2.58 bits per heavy atom. The molecule has 1 saturated carbocycles. The van der Waals surface area contributed by atoms with Crippen molar-refractivity contribution < 1.29 is 9.90 Å². The fourth-order valence-corrected chi connectivity index (χ4v) is 1.22. The molecule has 4 heteroatoms. The molecule has 0 bridgehead atoms. The first-order valence-corrected chi connectivity index (χ1v) is 4.68. The van der Waals surface area contributed by atoms with Gasteiger partial charge in [0.05, 0.1) is 0 Å². The monoisotopic (exact) mass is 233 g/mol. The van der Waals surface area contributed by atoms with Crippen LogP contribution in [-0.4, -0.2) is 23.2 Å². The molecule has 2 N–H and O–H groups in total. The van der Waals surface area contributed by atoms with E-state index in [0.717, 1.165) is 6.42 Å². The minimum absolute atomic E-state index is 0.283. The Labute approximate surface area is 80.0 Å². The van der Waals surface area contributed by atoms with Gasteiger partial charge in [-0.25, -0.2) is 0 Å². The summed E-state index contributed by atoms with van der Waals surface area (Å²) in [5, 5.41) is 12.1. The number of carbonyl (C=O) groups excluding carboxylic acids is 1. The van der Waals surface area contributed by atoms with Crippen molar-refractivity contribution in [1.82, 2.24) is 5.32 Å². The number of rotatable bonds is 3. The van der Waals surface area contributed by atoms with E-state index in [1.165, 1.54) is 0 Å². The summed E-state index contributed by atoms with van der Waals surface area (Å²) in [5.41, 5.74) is -1.09. The van der Waals surface area contributed by atoms with Gasteiger partial charge in [0.15, 0.2) is 0 Å². The summed E-state index contributed by atoms with van der Waals surface area (Å²) >= 11 is 3.12. The van der Waals surface area contributed by atoms with Gasteiger partial charge in [-0.1, -0.05) is 22.5 Å². The second-order valence-electron chi connectivity index (χ2n) is 3.09. The van der Waals surface area contributed by atoms with Crippen LogP contribution in [0.1, 0.15) is 19.3 Å². The number of amides is 1. The van der Waals surface area contributed by atoms with Gasteiger partial charge in [-0.3, -0.25) is 4.79 Å². The van der Waals surface area contributed by atoms with Crippen LogP contribution >= 0.6 is 15.9 Å². The highest BCUT2D eigenvalue weighted by Crippen LogP contribution is 2.31. The Hall–Kier alpha value is -0.350. The molecule has 0 unspecified atom stereocenters. The molecule has 0 aliphatic heterocycles. The number of nitrogens with one attached hydrogen (secondary N) is 1. The standard InChI is InChI=1S/C8H12BrNO2/c1-6(9)5-10-7(11)8(12)3-2-4-8/h12H,1-5H2,(H,10,11). The van der Waals surface area contributed by atoms with E-state index in [4.69, 9.17) is 0 Å². The Bertz CT molecular complexity index is 211. The molecule has 0 aromatic carbocycles. The molecular weight excluding hydrogens is 222 g/mol. The largest absolute Gasteiger partial charge is 0.380 e. The maximum absolute atomic E-state index is 11.2. The summed E-state index contributed by atoms with van der Waals surface area (Å²) in [6.07, 6.45) is 2.08. The first-order chi connectivity index (χ1) is 5.54. The number of hydrogen-bond donors (Lipinski definition) is 2. The summed E-state index contributed by atoms with van der Waals surface area (Å²) in [6, 6.07) is 0. The highest BCUT2D eigenvalue weighted by molar-refractivity contribution is 9.11. The molecule has 1 aliphatic rings. The van der Waals surface area contributed by atoms with E-state index in [0.29, 0.717) is 23.9 Å². The molecule has 3 nitrogen and oxygen atoms in total. The third-order valence-electron chi connectivity index (χ3n) is 2.04. The Morgan fingerprint density at radius 2 is 2.25 bits per heavy atom. The van der Waals surface area contributed by atoms with Crippen molar-refractivity contribution >= 4 is 21.8 Å². The lowest BCUT2D eigenvalue weighted by atomic mass is 9.79. The van der Waals surface area contributed by atoms with Crippen molar-refractivity contribution in [1.29, 1.82) is 0 Å². The SMILES string of the molecule is C=C(Br)CNC(=O)C1(O)CCC1. The van der Waals surface area contributed by atoms with Gasteiger partial charge < -0.3 is 10.4 Å². The summed E-state index contributed by atoms with van der Waals surface area (Å²) in [4.78, 5) is 11.2. The molecule has 0 aromatic rings. The first kappa shape index (κ1) is 9.74. The van der Waals surface area contributed by atoms with E-state index < -0.39 is 5.60 Å². The highest BCUT2D eigenvalue weighted by atomic mass is 79.9. The molecule has 1 fully saturated rings. The summed E-state index contributed by atoms with van der Waals surface area (Å²) < 4.78 is 0.707. The Kier molecular flexibility index (Phi) is 2.90. The van der Waals surface area contributed by atoms with Gasteiger partial charge in [0.25, 0.3) is 5.91 Å². The van der Waals surface area contributed by atoms with E-state index in [-0.39, 0.29) is 5.91 Å². The molecule has 0 atom stereocenters. The van der Waals surface area contributed by atoms with E-state index in [2.05, 4.69) is 27.8 Å². The van der Waals surface area contributed by atoms with Gasteiger partial charge >= 0.3 is 0 Å². The van der Waals surface area contributed by atoms with Crippen molar-refractivity contribution in [2.45, 2.75) is 24.9 Å². The highest BCUT2D eigenvalue weighted by Gasteiger charge is 2.41. The van der Waals surface area contributed by atoms with Crippen molar-refractivity contribution in [3.63, 3.8) is 0 Å². The molecular formula is C8H12BrNO2. The molecule has 0 radical (unpaired) electrons. The van der Waals surface area contributed by atoms with Gasteiger partial charge in [0.2, 0.25) is 0 Å². The summed E-state index contributed by atoms with van der Waals surface area (Å²) in [6.45, 7) is 3.95. The van der Waals surface area contributed by atoms with Crippen LogP contribution in [0.15, 0.2) is 11.1 Å². The zero-order valence-corrected chi connectivity index (χ0v) is 8.35. The second kappa shape index (κ2) is 3.58. The van der Waals surface area contributed by atoms with Crippen molar-refractivity contribution in [3.8, 4) is 0 Å². The topological polar surface area (TPSA) is 49.3 Å². The average molecular weight is 234 g/mol. The lowest BCUT2D eigenvalue weighted by molar-refractivity contribution is -0.148. The quantitative estimate of drug-likeness (QED) is 0.763. The number of aliphatic hydroxyl groups is 1. The minimum Gasteiger partial charge on any atom is -0.380 e. The predicted octanol–water partition coefficient (Wildman–Crippen LogP) is 0.926. The summed E-state index contributed by atoms with van der Waals surface area (Å²) in [5.74, 6) is -0.283. The summed E-state index contributed by atoms with van der Waals surface area (Å²) in [7, 11) is 0. The predicted molar refractivity (Wildman–Crippen MR) is 49.9 cm³/mol. The maximum atomic E-state index is 11.2. The first-order valence-electron chi connectivity index (χ1n) is 3.88. The fraction of sp³-hybridized carbons (Fsp3) is 0.625. The molecule has 1 aliphatic carbocycles. The molecule has 1 rings (SSSR count). The van der Waals surface area contributed by atoms with E-state index in [1.807, 2.05) is 0 Å². The van der Waals surface area contributed by atoms with Crippen LogP contribution < -0.4 is 5.32 Å². The third-order valence-corrected chi connectivity index (χ3v) is 2.32. The van der Waals surface area contributed by atoms with Crippen LogP contribution in [0.4, 0.5) is 0 Å². The number of carbonyl (C=O) groups is 1. The van der Waals surface area contributed by atoms with Gasteiger partial charge in [0, 0.05) is 11.0 Å². The van der Waals surface area contributed by atoms with Gasteiger partial charge in [0.1, 0.15) is 5.60 Å². The third kappa shape index (κ3) is 2.08. The molecule has 0 saturated heterocycles. The smallest absolute Gasteiger partial charge is 0.252 e. The zero-order valence-electron chi connectivity index (χ0n) is 6.77. The van der Waals surface area contributed by atoms with Crippen LogP contribution in [0, 0.1) is 0 Å². The molecule has 12 heavy (non-hydrogen) atoms. The van der Waals surface area contributed by atoms with Gasteiger partial charge in [-0.15, -0.1) is 0 Å². The second-order valence-corrected chi connectivity index (χ2v) is 4.21.